The lowest BCUT2D eigenvalue weighted by molar-refractivity contribution is -0.00834. The number of carbonyl (C=O) groups is 2. The van der Waals surface area contributed by atoms with Gasteiger partial charge < -0.3 is 34.6 Å². The number of amides is 3. The van der Waals surface area contributed by atoms with Crippen LogP contribution in [0.1, 0.15) is 61.8 Å². The molecule has 4 rings (SSSR count). The first-order chi connectivity index (χ1) is 23.2. The summed E-state index contributed by atoms with van der Waals surface area (Å²) in [5.74, 6) is -0.617. The molecule has 3 N–H and O–H groups in total. The van der Waals surface area contributed by atoms with E-state index in [0.717, 1.165) is 18.6 Å². The number of nitrogens with zero attached hydrogens (tertiary/aromatic N) is 3. The van der Waals surface area contributed by atoms with E-state index in [9.17, 15) is 27.5 Å². The van der Waals surface area contributed by atoms with E-state index in [2.05, 4.69) is 15.8 Å². The van der Waals surface area contributed by atoms with Crippen molar-refractivity contribution in [2.24, 2.45) is 5.92 Å². The normalized spacial score (nSPS) is 20.2. The van der Waals surface area contributed by atoms with Gasteiger partial charge in [-0.2, -0.15) is 4.31 Å². The van der Waals surface area contributed by atoms with Crippen molar-refractivity contribution in [3.63, 3.8) is 0 Å². The molecule has 0 unspecified atom stereocenters. The predicted molar refractivity (Wildman–Crippen MR) is 182 cm³/mol. The molecule has 3 aromatic rings. The summed E-state index contributed by atoms with van der Waals surface area (Å²) in [5.41, 5.74) is 1.46. The molecule has 3 amide bonds. The zero-order chi connectivity index (χ0) is 35.9. The van der Waals surface area contributed by atoms with Crippen LogP contribution in [-0.4, -0.2) is 91.4 Å². The highest BCUT2D eigenvalue weighted by Crippen LogP contribution is 2.29. The zero-order valence-electron chi connectivity index (χ0n) is 28.7. The summed E-state index contributed by atoms with van der Waals surface area (Å²) in [6, 6.07) is 8.22. The van der Waals surface area contributed by atoms with Crippen molar-refractivity contribution in [1.82, 2.24) is 14.4 Å². The van der Waals surface area contributed by atoms with Crippen LogP contribution in [0, 0.1) is 25.6 Å². The molecule has 0 bridgehead atoms. The largest absolute Gasteiger partial charge is 0.490 e. The minimum atomic E-state index is -3.97. The van der Waals surface area contributed by atoms with Crippen molar-refractivity contribution in [3.05, 3.63) is 65.3 Å². The van der Waals surface area contributed by atoms with Gasteiger partial charge in [-0.1, -0.05) is 12.1 Å². The topological polar surface area (TPSA) is 164 Å². The van der Waals surface area contributed by atoms with Crippen molar-refractivity contribution in [2.75, 3.05) is 44.0 Å². The Morgan fingerprint density at radius 3 is 2.51 bits per heavy atom. The second-order valence-electron chi connectivity index (χ2n) is 12.5. The van der Waals surface area contributed by atoms with Gasteiger partial charge in [0.25, 0.3) is 5.91 Å². The van der Waals surface area contributed by atoms with Crippen LogP contribution in [0.3, 0.4) is 0 Å². The number of aliphatic hydroxyl groups excluding tert-OH is 1. The average Bonchev–Trinajstić information content (AvgIpc) is 3.38. The Bertz CT molecular complexity index is 1680. The SMILES string of the molecule is Cc1noc(C)c1NC(=O)Nc1ccc2c(c1)C(=O)N([C@H](C)CO)C[C@@H](C)[C@@H](CN(C)S(=O)(=O)c1ccc(F)cc1)OCCCC[C@@H](C)O2. The van der Waals surface area contributed by atoms with Gasteiger partial charge in [0.05, 0.1) is 35.3 Å². The van der Waals surface area contributed by atoms with Gasteiger partial charge in [-0.3, -0.25) is 4.79 Å². The summed E-state index contributed by atoms with van der Waals surface area (Å²) in [7, 11) is -2.53. The van der Waals surface area contributed by atoms with Gasteiger partial charge in [0.2, 0.25) is 10.0 Å². The lowest BCUT2D eigenvalue weighted by atomic mass is 10.0. The van der Waals surface area contributed by atoms with E-state index in [0.29, 0.717) is 48.0 Å². The van der Waals surface area contributed by atoms with Gasteiger partial charge in [0, 0.05) is 38.3 Å². The first-order valence-electron chi connectivity index (χ1n) is 16.3. The molecule has 268 valence electrons. The number of fused-ring (bicyclic) bond motifs is 1. The van der Waals surface area contributed by atoms with E-state index >= 15 is 0 Å². The minimum Gasteiger partial charge on any atom is -0.490 e. The Morgan fingerprint density at radius 1 is 1.14 bits per heavy atom. The number of aromatic nitrogens is 1. The number of likely N-dealkylation sites (N-methyl/N-ethyl adjacent to an activating group) is 1. The maximum Gasteiger partial charge on any atom is 0.323 e. The summed E-state index contributed by atoms with van der Waals surface area (Å²) in [5, 5.41) is 19.5. The summed E-state index contributed by atoms with van der Waals surface area (Å²) in [6.45, 7) is 8.94. The molecular weight excluding hydrogens is 657 g/mol. The number of benzene rings is 2. The molecule has 2 aromatic carbocycles. The van der Waals surface area contributed by atoms with E-state index in [1.165, 1.54) is 34.5 Å². The first kappa shape index (κ1) is 37.8. The second-order valence-corrected chi connectivity index (χ2v) is 14.6. The smallest absolute Gasteiger partial charge is 0.323 e. The highest BCUT2D eigenvalue weighted by atomic mass is 32.2. The molecule has 1 aliphatic rings. The van der Waals surface area contributed by atoms with Gasteiger partial charge in [-0.15, -0.1) is 0 Å². The first-order valence-corrected chi connectivity index (χ1v) is 17.7. The Labute approximate surface area is 286 Å². The molecule has 13 nitrogen and oxygen atoms in total. The van der Waals surface area contributed by atoms with Crippen LogP contribution < -0.4 is 15.4 Å². The number of urea groups is 1. The van der Waals surface area contributed by atoms with E-state index in [4.69, 9.17) is 14.0 Å². The van der Waals surface area contributed by atoms with Crippen LogP contribution in [0.2, 0.25) is 0 Å². The Hall–Kier alpha value is -4.05. The van der Waals surface area contributed by atoms with E-state index in [-0.39, 0.29) is 36.3 Å². The van der Waals surface area contributed by atoms with Crippen molar-refractivity contribution in [1.29, 1.82) is 0 Å². The van der Waals surface area contributed by atoms with Crippen LogP contribution in [-0.2, 0) is 14.8 Å². The summed E-state index contributed by atoms with van der Waals surface area (Å²) >= 11 is 0. The number of sulfonamides is 1. The zero-order valence-corrected chi connectivity index (χ0v) is 29.5. The molecule has 1 aromatic heterocycles. The number of aryl methyl sites for hydroxylation is 2. The molecule has 0 aliphatic carbocycles. The molecule has 0 saturated heterocycles. The van der Waals surface area contributed by atoms with Crippen molar-refractivity contribution in [2.45, 2.75) is 77.0 Å². The number of ether oxygens (including phenoxy) is 2. The van der Waals surface area contributed by atoms with E-state index < -0.39 is 45.8 Å². The van der Waals surface area contributed by atoms with Crippen LogP contribution in [0.15, 0.2) is 51.9 Å². The highest BCUT2D eigenvalue weighted by molar-refractivity contribution is 7.89. The van der Waals surface area contributed by atoms with Crippen LogP contribution in [0.25, 0.3) is 0 Å². The molecule has 0 fully saturated rings. The Kier molecular flexibility index (Phi) is 12.8. The van der Waals surface area contributed by atoms with Gasteiger partial charge in [0.1, 0.15) is 22.9 Å². The monoisotopic (exact) mass is 703 g/mol. The molecule has 2 heterocycles. The van der Waals surface area contributed by atoms with Crippen LogP contribution in [0.5, 0.6) is 5.75 Å². The van der Waals surface area contributed by atoms with Crippen LogP contribution in [0.4, 0.5) is 20.6 Å². The quantitative estimate of drug-likeness (QED) is 0.287. The molecule has 1 aliphatic heterocycles. The van der Waals surface area contributed by atoms with Crippen molar-refractivity contribution < 1.29 is 41.5 Å². The number of carbonyl (C=O) groups excluding carboxylic acids is 2. The maximum absolute atomic E-state index is 14.4. The van der Waals surface area contributed by atoms with Crippen LogP contribution >= 0.6 is 0 Å². The molecule has 0 spiro atoms. The predicted octanol–water partition coefficient (Wildman–Crippen LogP) is 5.19. The molecule has 4 atom stereocenters. The van der Waals surface area contributed by atoms with Crippen molar-refractivity contribution >= 4 is 33.3 Å². The number of hydrogen-bond donors (Lipinski definition) is 3. The molecule has 49 heavy (non-hydrogen) atoms. The summed E-state index contributed by atoms with van der Waals surface area (Å²) in [6.07, 6.45) is 1.22. The maximum atomic E-state index is 14.4. The third kappa shape index (κ3) is 9.56. The van der Waals surface area contributed by atoms with Crippen molar-refractivity contribution in [3.8, 4) is 5.75 Å². The van der Waals surface area contributed by atoms with Gasteiger partial charge in [-0.05, 0) is 89.4 Å². The Balaban J connectivity index is 1.63. The number of anilines is 2. The number of aliphatic hydroxyl groups is 1. The number of nitrogens with one attached hydrogen (secondary N) is 2. The lowest BCUT2D eigenvalue weighted by Crippen LogP contribution is -2.48. The van der Waals surface area contributed by atoms with Gasteiger partial charge in [-0.25, -0.2) is 17.6 Å². The average molecular weight is 704 g/mol. The number of rotatable bonds is 8. The summed E-state index contributed by atoms with van der Waals surface area (Å²) in [4.78, 5) is 28.7. The fourth-order valence-electron chi connectivity index (χ4n) is 5.54. The fourth-order valence-corrected chi connectivity index (χ4v) is 6.72. The third-order valence-corrected chi connectivity index (χ3v) is 10.4. The van der Waals surface area contributed by atoms with E-state index in [1.54, 1.807) is 32.9 Å². The van der Waals surface area contributed by atoms with Gasteiger partial charge in [0.15, 0.2) is 5.76 Å². The molecule has 15 heteroatoms. The fraction of sp³-hybridized carbons (Fsp3) is 0.500. The van der Waals surface area contributed by atoms with E-state index in [1.807, 2.05) is 13.8 Å². The highest BCUT2D eigenvalue weighted by Gasteiger charge is 2.32. The minimum absolute atomic E-state index is 0.0270. The number of hydrogen-bond acceptors (Lipinski definition) is 9. The molecule has 0 radical (unpaired) electrons. The second kappa shape index (κ2) is 16.6. The molecular formula is C34H46FN5O8S. The third-order valence-electron chi connectivity index (χ3n) is 8.54. The molecule has 0 saturated carbocycles. The Morgan fingerprint density at radius 2 is 1.86 bits per heavy atom. The van der Waals surface area contributed by atoms with Gasteiger partial charge >= 0.3 is 6.03 Å². The number of halogens is 1. The standard InChI is InChI=1S/C34H46FN5O8S/c1-21-18-40(22(2)20-41)33(42)29-17-27(36-34(43)37-32-24(4)38-48-25(32)5)12-15-30(29)47-23(3)9-7-8-16-46-31(21)19-39(6)49(44,45)28-13-10-26(35)11-14-28/h10-15,17,21-23,31,41H,7-9,16,18-20H2,1-6H3,(H2,36,37,43)/t21-,22-,23-,31-/m1/s1. The lowest BCUT2D eigenvalue weighted by Gasteiger charge is -2.35. The summed E-state index contributed by atoms with van der Waals surface area (Å²) < 4.78 is 59.0.